The van der Waals surface area contributed by atoms with Crippen LogP contribution in [-0.4, -0.2) is 34.8 Å². The Labute approximate surface area is 127 Å². The smallest absolute Gasteiger partial charge is 0.246 e. The Morgan fingerprint density at radius 1 is 1.19 bits per heavy atom. The Kier molecular flexibility index (Phi) is 3.98. The van der Waals surface area contributed by atoms with Gasteiger partial charge in [-0.15, -0.1) is 0 Å². The standard InChI is InChI=1S/C17H28N2O2/c1-12(2)10-14-15(20)19(11-13-6-5-7-13)17(16(21)18-14)8-3-4-9-17/h12-14H,3-11H2,1-2H3,(H,18,21). The van der Waals surface area contributed by atoms with Crippen LogP contribution < -0.4 is 5.32 Å². The van der Waals surface area contributed by atoms with E-state index in [0.717, 1.165) is 38.6 Å². The van der Waals surface area contributed by atoms with Gasteiger partial charge < -0.3 is 10.2 Å². The monoisotopic (exact) mass is 292 g/mol. The van der Waals surface area contributed by atoms with E-state index in [1.54, 1.807) is 0 Å². The zero-order chi connectivity index (χ0) is 15.0. The van der Waals surface area contributed by atoms with E-state index in [2.05, 4.69) is 19.2 Å². The fourth-order valence-electron chi connectivity index (χ4n) is 4.16. The second kappa shape index (κ2) is 5.62. The molecular formula is C17H28N2O2. The van der Waals surface area contributed by atoms with Gasteiger partial charge in [-0.3, -0.25) is 9.59 Å². The number of carbonyl (C=O) groups is 2. The molecule has 1 spiro atoms. The maximum atomic E-state index is 13.0. The number of rotatable bonds is 4. The van der Waals surface area contributed by atoms with Crippen LogP contribution in [0.1, 0.15) is 65.2 Å². The topological polar surface area (TPSA) is 49.4 Å². The van der Waals surface area contributed by atoms with Crippen molar-refractivity contribution in [3.05, 3.63) is 0 Å². The molecule has 118 valence electrons. The van der Waals surface area contributed by atoms with Crippen LogP contribution in [0.25, 0.3) is 0 Å². The zero-order valence-corrected chi connectivity index (χ0v) is 13.4. The van der Waals surface area contributed by atoms with Gasteiger partial charge in [-0.1, -0.05) is 33.1 Å². The highest BCUT2D eigenvalue weighted by Gasteiger charge is 2.54. The maximum absolute atomic E-state index is 13.0. The molecule has 2 aliphatic carbocycles. The molecule has 0 aromatic heterocycles. The summed E-state index contributed by atoms with van der Waals surface area (Å²) in [4.78, 5) is 27.7. The number of nitrogens with zero attached hydrogens (tertiary/aromatic N) is 1. The van der Waals surface area contributed by atoms with Gasteiger partial charge >= 0.3 is 0 Å². The summed E-state index contributed by atoms with van der Waals surface area (Å²) in [5, 5.41) is 3.04. The Hall–Kier alpha value is -1.06. The first-order valence-corrected chi connectivity index (χ1v) is 8.65. The lowest BCUT2D eigenvalue weighted by Gasteiger charge is -2.48. The van der Waals surface area contributed by atoms with E-state index in [-0.39, 0.29) is 17.9 Å². The van der Waals surface area contributed by atoms with Crippen molar-refractivity contribution < 1.29 is 9.59 Å². The van der Waals surface area contributed by atoms with Crippen LogP contribution in [0.15, 0.2) is 0 Å². The molecule has 0 aromatic carbocycles. The van der Waals surface area contributed by atoms with E-state index >= 15 is 0 Å². The Bertz CT molecular complexity index is 423. The van der Waals surface area contributed by atoms with E-state index in [9.17, 15) is 9.59 Å². The Balaban J connectivity index is 1.83. The van der Waals surface area contributed by atoms with Crippen molar-refractivity contribution in [3.63, 3.8) is 0 Å². The molecule has 1 aliphatic heterocycles. The lowest BCUT2D eigenvalue weighted by atomic mass is 9.81. The molecule has 0 radical (unpaired) electrons. The lowest BCUT2D eigenvalue weighted by Crippen LogP contribution is -2.70. The summed E-state index contributed by atoms with van der Waals surface area (Å²) in [6.07, 6.45) is 8.31. The molecule has 4 heteroatoms. The first kappa shape index (κ1) is 14.9. The van der Waals surface area contributed by atoms with Crippen molar-refractivity contribution in [1.29, 1.82) is 0 Å². The van der Waals surface area contributed by atoms with E-state index in [1.807, 2.05) is 4.90 Å². The van der Waals surface area contributed by atoms with Gasteiger partial charge in [0.15, 0.2) is 0 Å². The predicted molar refractivity (Wildman–Crippen MR) is 81.6 cm³/mol. The minimum Gasteiger partial charge on any atom is -0.342 e. The fraction of sp³-hybridized carbons (Fsp3) is 0.882. The van der Waals surface area contributed by atoms with Crippen LogP contribution in [-0.2, 0) is 9.59 Å². The average Bonchev–Trinajstić information content (AvgIpc) is 2.84. The highest BCUT2D eigenvalue weighted by Crippen LogP contribution is 2.40. The number of carbonyl (C=O) groups excluding carboxylic acids is 2. The number of piperazine rings is 1. The number of nitrogens with one attached hydrogen (secondary N) is 1. The van der Waals surface area contributed by atoms with Crippen molar-refractivity contribution in [2.75, 3.05) is 6.54 Å². The van der Waals surface area contributed by atoms with Gasteiger partial charge in [0.05, 0.1) is 0 Å². The number of hydrogen-bond acceptors (Lipinski definition) is 2. The predicted octanol–water partition coefficient (Wildman–Crippen LogP) is 2.47. The number of amides is 2. The third-order valence-corrected chi connectivity index (χ3v) is 5.61. The van der Waals surface area contributed by atoms with Crippen molar-refractivity contribution in [2.45, 2.75) is 76.8 Å². The van der Waals surface area contributed by atoms with E-state index in [0.29, 0.717) is 11.8 Å². The SMILES string of the molecule is CC(C)CC1NC(=O)C2(CCCC2)N(CC2CCC2)C1=O. The van der Waals surface area contributed by atoms with Crippen LogP contribution in [0.2, 0.25) is 0 Å². The molecule has 0 aromatic rings. The lowest BCUT2D eigenvalue weighted by molar-refractivity contribution is -0.159. The van der Waals surface area contributed by atoms with Gasteiger partial charge in [0, 0.05) is 6.54 Å². The van der Waals surface area contributed by atoms with Crippen molar-refractivity contribution >= 4 is 11.8 Å². The summed E-state index contributed by atoms with van der Waals surface area (Å²) >= 11 is 0. The molecular weight excluding hydrogens is 264 g/mol. The normalized spacial score (nSPS) is 29.1. The molecule has 4 nitrogen and oxygen atoms in total. The van der Waals surface area contributed by atoms with Gasteiger partial charge in [0.25, 0.3) is 0 Å². The van der Waals surface area contributed by atoms with Crippen molar-refractivity contribution in [2.24, 2.45) is 11.8 Å². The molecule has 3 rings (SSSR count). The summed E-state index contributed by atoms with van der Waals surface area (Å²) in [6.45, 7) is 5.02. The molecule has 2 amide bonds. The van der Waals surface area contributed by atoms with Crippen LogP contribution in [0.3, 0.4) is 0 Å². The molecule has 1 heterocycles. The second-order valence-corrected chi connectivity index (χ2v) is 7.64. The summed E-state index contributed by atoms with van der Waals surface area (Å²) < 4.78 is 0. The molecule has 3 fully saturated rings. The van der Waals surface area contributed by atoms with Crippen molar-refractivity contribution in [1.82, 2.24) is 10.2 Å². The molecule has 2 saturated carbocycles. The zero-order valence-electron chi connectivity index (χ0n) is 13.4. The summed E-state index contributed by atoms with van der Waals surface area (Å²) in [6, 6.07) is -0.302. The van der Waals surface area contributed by atoms with Crippen LogP contribution >= 0.6 is 0 Å². The van der Waals surface area contributed by atoms with E-state index < -0.39 is 5.54 Å². The minimum atomic E-state index is -0.514. The molecule has 1 N–H and O–H groups in total. The number of hydrogen-bond donors (Lipinski definition) is 1. The Morgan fingerprint density at radius 2 is 1.86 bits per heavy atom. The molecule has 3 aliphatic rings. The molecule has 21 heavy (non-hydrogen) atoms. The van der Waals surface area contributed by atoms with E-state index in [1.165, 1.54) is 19.3 Å². The maximum Gasteiger partial charge on any atom is 0.246 e. The largest absolute Gasteiger partial charge is 0.342 e. The van der Waals surface area contributed by atoms with Gasteiger partial charge in [-0.2, -0.15) is 0 Å². The van der Waals surface area contributed by atoms with Crippen LogP contribution in [0.4, 0.5) is 0 Å². The first-order valence-electron chi connectivity index (χ1n) is 8.65. The van der Waals surface area contributed by atoms with Crippen molar-refractivity contribution in [3.8, 4) is 0 Å². The summed E-state index contributed by atoms with van der Waals surface area (Å²) in [5.74, 6) is 1.33. The molecule has 0 bridgehead atoms. The molecule has 1 unspecified atom stereocenters. The summed E-state index contributed by atoms with van der Waals surface area (Å²) in [5.41, 5.74) is -0.514. The quantitative estimate of drug-likeness (QED) is 0.865. The Morgan fingerprint density at radius 3 is 2.38 bits per heavy atom. The first-order chi connectivity index (χ1) is 10.0. The minimum absolute atomic E-state index is 0.115. The van der Waals surface area contributed by atoms with Crippen LogP contribution in [0.5, 0.6) is 0 Å². The molecule has 1 atom stereocenters. The van der Waals surface area contributed by atoms with Crippen LogP contribution in [0, 0.1) is 11.8 Å². The highest BCUT2D eigenvalue weighted by atomic mass is 16.2. The van der Waals surface area contributed by atoms with Gasteiger partial charge in [-0.05, 0) is 43.9 Å². The third kappa shape index (κ3) is 2.58. The fourth-order valence-corrected chi connectivity index (χ4v) is 4.16. The molecule has 1 saturated heterocycles. The van der Waals surface area contributed by atoms with Gasteiger partial charge in [-0.25, -0.2) is 0 Å². The average molecular weight is 292 g/mol. The third-order valence-electron chi connectivity index (χ3n) is 5.61. The highest BCUT2D eigenvalue weighted by molar-refractivity contribution is 6.00. The summed E-state index contributed by atoms with van der Waals surface area (Å²) in [7, 11) is 0. The van der Waals surface area contributed by atoms with E-state index in [4.69, 9.17) is 0 Å². The van der Waals surface area contributed by atoms with Gasteiger partial charge in [0.2, 0.25) is 11.8 Å². The second-order valence-electron chi connectivity index (χ2n) is 7.64. The van der Waals surface area contributed by atoms with Gasteiger partial charge in [0.1, 0.15) is 11.6 Å².